The second-order valence-corrected chi connectivity index (χ2v) is 5.64. The molecule has 1 saturated heterocycles. The highest BCUT2D eigenvalue weighted by atomic mass is 79.9. The van der Waals surface area contributed by atoms with Gasteiger partial charge in [-0.25, -0.2) is 0 Å². The van der Waals surface area contributed by atoms with Gasteiger partial charge in [0.25, 0.3) is 0 Å². The molecule has 0 spiro atoms. The maximum atomic E-state index is 12.3. The van der Waals surface area contributed by atoms with E-state index in [0.29, 0.717) is 6.54 Å². The maximum Gasteiger partial charge on any atom is 0.239 e. The van der Waals surface area contributed by atoms with Crippen LogP contribution < -0.4 is 5.32 Å². The normalized spacial score (nSPS) is 19.6. The molecule has 0 radical (unpaired) electrons. The summed E-state index contributed by atoms with van der Waals surface area (Å²) in [5.41, 5.74) is 1.14. The number of hydrogen-bond donors (Lipinski definition) is 1. The Morgan fingerprint density at radius 1 is 1.44 bits per heavy atom. The second kappa shape index (κ2) is 6.34. The first-order chi connectivity index (χ1) is 8.68. The van der Waals surface area contributed by atoms with Crippen molar-refractivity contribution in [2.45, 2.75) is 31.8 Å². The number of hydrogen-bond acceptors (Lipinski definition) is 2. The summed E-state index contributed by atoms with van der Waals surface area (Å²) >= 11 is 3.52. The van der Waals surface area contributed by atoms with Crippen molar-refractivity contribution in [2.75, 3.05) is 13.6 Å². The Balaban J connectivity index is 1.96. The van der Waals surface area contributed by atoms with Crippen LogP contribution in [0.25, 0.3) is 0 Å². The molecule has 1 heterocycles. The fraction of sp³-hybridized carbons (Fsp3) is 0.500. The highest BCUT2D eigenvalue weighted by Crippen LogP contribution is 2.18. The van der Waals surface area contributed by atoms with E-state index in [1.54, 1.807) is 0 Å². The predicted molar refractivity (Wildman–Crippen MR) is 76.3 cm³/mol. The molecule has 1 amide bonds. The van der Waals surface area contributed by atoms with Crippen molar-refractivity contribution in [3.63, 3.8) is 0 Å². The monoisotopic (exact) mass is 310 g/mol. The van der Waals surface area contributed by atoms with E-state index in [4.69, 9.17) is 0 Å². The van der Waals surface area contributed by atoms with Crippen molar-refractivity contribution in [2.24, 2.45) is 0 Å². The van der Waals surface area contributed by atoms with E-state index >= 15 is 0 Å². The lowest BCUT2D eigenvalue weighted by atomic mass is 10.0. The number of halogens is 1. The van der Waals surface area contributed by atoms with E-state index in [1.807, 2.05) is 36.2 Å². The van der Waals surface area contributed by atoms with E-state index in [9.17, 15) is 4.79 Å². The Hall–Kier alpha value is -0.870. The molecule has 1 aliphatic rings. The van der Waals surface area contributed by atoms with Crippen LogP contribution in [0, 0.1) is 0 Å². The average Bonchev–Trinajstić information content (AvgIpc) is 2.41. The van der Waals surface area contributed by atoms with Gasteiger partial charge in [-0.15, -0.1) is 0 Å². The fourth-order valence-electron chi connectivity index (χ4n) is 2.29. The van der Waals surface area contributed by atoms with Crippen LogP contribution in [0.5, 0.6) is 0 Å². The van der Waals surface area contributed by atoms with Gasteiger partial charge in [0.2, 0.25) is 5.91 Å². The lowest BCUT2D eigenvalue weighted by molar-refractivity contribution is -0.133. The summed E-state index contributed by atoms with van der Waals surface area (Å²) in [5.74, 6) is 0.199. The first-order valence-electron chi connectivity index (χ1n) is 6.40. The van der Waals surface area contributed by atoms with Crippen molar-refractivity contribution in [1.29, 1.82) is 0 Å². The maximum absolute atomic E-state index is 12.3. The Labute approximate surface area is 117 Å². The summed E-state index contributed by atoms with van der Waals surface area (Å²) in [6, 6.07) is 8.04. The summed E-state index contributed by atoms with van der Waals surface area (Å²) in [7, 11) is 1.87. The summed E-state index contributed by atoms with van der Waals surface area (Å²) in [4.78, 5) is 14.1. The van der Waals surface area contributed by atoms with E-state index in [1.165, 1.54) is 6.42 Å². The highest BCUT2D eigenvalue weighted by Gasteiger charge is 2.23. The molecule has 1 aromatic carbocycles. The largest absolute Gasteiger partial charge is 0.340 e. The number of rotatable bonds is 3. The van der Waals surface area contributed by atoms with Gasteiger partial charge in [-0.1, -0.05) is 40.5 Å². The van der Waals surface area contributed by atoms with Gasteiger partial charge in [-0.3, -0.25) is 4.79 Å². The first kappa shape index (κ1) is 13.6. The molecule has 0 bridgehead atoms. The van der Waals surface area contributed by atoms with Crippen molar-refractivity contribution in [3.8, 4) is 0 Å². The Morgan fingerprint density at radius 3 is 2.89 bits per heavy atom. The molecule has 1 aromatic rings. The molecule has 2 rings (SSSR count). The van der Waals surface area contributed by atoms with Crippen molar-refractivity contribution in [3.05, 3.63) is 34.3 Å². The van der Waals surface area contributed by atoms with E-state index in [2.05, 4.69) is 21.2 Å². The van der Waals surface area contributed by atoms with Crippen LogP contribution in [0.1, 0.15) is 24.8 Å². The van der Waals surface area contributed by atoms with Gasteiger partial charge in [0.1, 0.15) is 0 Å². The van der Waals surface area contributed by atoms with Crippen molar-refractivity contribution in [1.82, 2.24) is 10.2 Å². The lowest BCUT2D eigenvalue weighted by Gasteiger charge is -2.27. The molecule has 1 aliphatic heterocycles. The number of likely N-dealkylation sites (N-methyl/N-ethyl adjacent to an activating group) is 1. The van der Waals surface area contributed by atoms with Crippen LogP contribution in [-0.4, -0.2) is 30.4 Å². The van der Waals surface area contributed by atoms with Gasteiger partial charge in [0.05, 0.1) is 6.04 Å². The average molecular weight is 311 g/mol. The molecule has 0 aliphatic carbocycles. The zero-order chi connectivity index (χ0) is 13.0. The van der Waals surface area contributed by atoms with Crippen molar-refractivity contribution >= 4 is 21.8 Å². The van der Waals surface area contributed by atoms with Gasteiger partial charge in [0.15, 0.2) is 0 Å². The molecule has 0 aromatic heterocycles. The quantitative estimate of drug-likeness (QED) is 0.930. The number of piperidine rings is 1. The minimum Gasteiger partial charge on any atom is -0.340 e. The predicted octanol–water partition coefficient (Wildman–Crippen LogP) is 2.55. The molecule has 18 heavy (non-hydrogen) atoms. The number of carbonyl (C=O) groups is 1. The van der Waals surface area contributed by atoms with E-state index in [-0.39, 0.29) is 11.9 Å². The number of nitrogens with one attached hydrogen (secondary N) is 1. The van der Waals surface area contributed by atoms with Crippen molar-refractivity contribution < 1.29 is 4.79 Å². The minimum absolute atomic E-state index is 0.00578. The topological polar surface area (TPSA) is 32.3 Å². The zero-order valence-corrected chi connectivity index (χ0v) is 12.2. The second-order valence-electron chi connectivity index (χ2n) is 4.79. The molecule has 1 N–H and O–H groups in total. The van der Waals surface area contributed by atoms with Crippen LogP contribution in [-0.2, 0) is 11.3 Å². The third-order valence-electron chi connectivity index (χ3n) is 3.35. The summed E-state index contributed by atoms with van der Waals surface area (Å²) in [5, 5.41) is 3.30. The van der Waals surface area contributed by atoms with Gasteiger partial charge in [-0.2, -0.15) is 0 Å². The molecule has 98 valence electrons. The molecule has 0 saturated carbocycles. The van der Waals surface area contributed by atoms with Crippen LogP contribution in [0.4, 0.5) is 0 Å². The van der Waals surface area contributed by atoms with E-state index < -0.39 is 0 Å². The Kier molecular flexibility index (Phi) is 4.78. The summed E-state index contributed by atoms with van der Waals surface area (Å²) < 4.78 is 1.06. The third kappa shape index (κ3) is 3.33. The fourth-order valence-corrected chi connectivity index (χ4v) is 2.70. The molecular formula is C14H19BrN2O. The Morgan fingerprint density at radius 2 is 2.22 bits per heavy atom. The summed E-state index contributed by atoms with van der Waals surface area (Å²) in [6.45, 7) is 1.61. The van der Waals surface area contributed by atoms with E-state index in [0.717, 1.165) is 29.4 Å². The third-order valence-corrected chi connectivity index (χ3v) is 4.12. The van der Waals surface area contributed by atoms with Crippen LogP contribution in [0.3, 0.4) is 0 Å². The minimum atomic E-state index is 0.00578. The molecule has 3 nitrogen and oxygen atoms in total. The highest BCUT2D eigenvalue weighted by molar-refractivity contribution is 9.10. The number of benzene rings is 1. The standard InChI is InChI=1S/C14H19BrN2O/c1-17(10-11-6-2-3-7-12(11)15)14(18)13-8-4-5-9-16-13/h2-3,6-7,13,16H,4-5,8-10H2,1H3. The number of nitrogens with zero attached hydrogens (tertiary/aromatic N) is 1. The number of carbonyl (C=O) groups excluding carboxylic acids is 1. The molecular weight excluding hydrogens is 292 g/mol. The SMILES string of the molecule is CN(Cc1ccccc1Br)C(=O)C1CCCCN1. The van der Waals surface area contributed by atoms with Crippen LogP contribution in [0.2, 0.25) is 0 Å². The van der Waals surface area contributed by atoms with Crippen LogP contribution >= 0.6 is 15.9 Å². The van der Waals surface area contributed by atoms with Gasteiger partial charge >= 0.3 is 0 Å². The molecule has 4 heteroatoms. The Bertz CT molecular complexity index is 416. The summed E-state index contributed by atoms with van der Waals surface area (Å²) in [6.07, 6.45) is 3.28. The van der Waals surface area contributed by atoms with Crippen LogP contribution in [0.15, 0.2) is 28.7 Å². The van der Waals surface area contributed by atoms with Gasteiger partial charge in [-0.05, 0) is 31.0 Å². The van der Waals surface area contributed by atoms with Gasteiger partial charge in [0, 0.05) is 18.1 Å². The number of amides is 1. The molecule has 1 fully saturated rings. The van der Waals surface area contributed by atoms with Gasteiger partial charge < -0.3 is 10.2 Å². The molecule has 1 atom stereocenters. The first-order valence-corrected chi connectivity index (χ1v) is 7.19. The smallest absolute Gasteiger partial charge is 0.239 e. The lowest BCUT2D eigenvalue weighted by Crippen LogP contribution is -2.47. The molecule has 1 unspecified atom stereocenters. The zero-order valence-electron chi connectivity index (χ0n) is 10.7.